The molecule has 1 amide bonds. The van der Waals surface area contributed by atoms with Crippen LogP contribution in [0.15, 0.2) is 22.5 Å². The fourth-order valence-corrected chi connectivity index (χ4v) is 5.11. The Bertz CT molecular complexity index is 664. The van der Waals surface area contributed by atoms with E-state index in [4.69, 9.17) is 4.74 Å². The van der Waals surface area contributed by atoms with Gasteiger partial charge in [-0.05, 0) is 37.1 Å². The third kappa shape index (κ3) is 7.06. The van der Waals surface area contributed by atoms with E-state index in [-0.39, 0.29) is 36.0 Å². The lowest BCUT2D eigenvalue weighted by Crippen LogP contribution is -2.50. The van der Waals surface area contributed by atoms with Crippen LogP contribution in [0.5, 0.6) is 0 Å². The van der Waals surface area contributed by atoms with Gasteiger partial charge in [0.1, 0.15) is 0 Å². The molecule has 2 N–H and O–H groups in total. The molecule has 2 unspecified atom stereocenters. The highest BCUT2D eigenvalue weighted by Gasteiger charge is 2.28. The van der Waals surface area contributed by atoms with E-state index in [1.54, 1.807) is 7.05 Å². The van der Waals surface area contributed by atoms with Crippen molar-refractivity contribution in [2.45, 2.75) is 38.3 Å². The Morgan fingerprint density at radius 3 is 2.73 bits per heavy atom. The number of nitrogens with one attached hydrogen (secondary N) is 2. The maximum absolute atomic E-state index is 11.6. The molecule has 0 saturated carbocycles. The average Bonchev–Trinajstić information content (AvgIpc) is 3.26. The van der Waals surface area contributed by atoms with Crippen molar-refractivity contribution in [3.63, 3.8) is 0 Å². The zero-order valence-corrected chi connectivity index (χ0v) is 21.4. The molecule has 9 heteroatoms. The molecule has 2 atom stereocenters. The van der Waals surface area contributed by atoms with Gasteiger partial charge in [0.05, 0.1) is 18.8 Å². The minimum Gasteiger partial charge on any atom is -0.376 e. The van der Waals surface area contributed by atoms with E-state index in [2.05, 4.69) is 49.9 Å². The molecule has 2 saturated heterocycles. The van der Waals surface area contributed by atoms with Crippen molar-refractivity contribution in [2.24, 2.45) is 10.9 Å². The van der Waals surface area contributed by atoms with Gasteiger partial charge < -0.3 is 20.3 Å². The van der Waals surface area contributed by atoms with Crippen molar-refractivity contribution in [1.29, 1.82) is 0 Å². The van der Waals surface area contributed by atoms with Gasteiger partial charge in [0.2, 0.25) is 5.91 Å². The van der Waals surface area contributed by atoms with Crippen LogP contribution in [-0.2, 0) is 9.53 Å². The molecule has 2 fully saturated rings. The topological polar surface area (TPSA) is 69.2 Å². The SMILES string of the molecule is CN=C(NCC(c1cccs1)N1CCOC(C)C1)N1CCC(CC(=O)NC)CC1.I. The van der Waals surface area contributed by atoms with Crippen LogP contribution in [0.3, 0.4) is 0 Å². The summed E-state index contributed by atoms with van der Waals surface area (Å²) in [6, 6.07) is 4.68. The summed E-state index contributed by atoms with van der Waals surface area (Å²) in [6.07, 6.45) is 2.96. The molecule has 3 rings (SSSR count). The maximum Gasteiger partial charge on any atom is 0.220 e. The Labute approximate surface area is 201 Å². The van der Waals surface area contributed by atoms with Crippen molar-refractivity contribution in [3.8, 4) is 0 Å². The molecular formula is C21H36IN5O2S. The molecule has 30 heavy (non-hydrogen) atoms. The molecule has 0 bridgehead atoms. The number of carbonyl (C=O) groups excluding carboxylic acids is 1. The number of hydrogen-bond donors (Lipinski definition) is 2. The summed E-state index contributed by atoms with van der Waals surface area (Å²) < 4.78 is 5.74. The third-order valence-electron chi connectivity index (χ3n) is 5.92. The van der Waals surface area contributed by atoms with E-state index in [1.807, 2.05) is 18.4 Å². The highest BCUT2D eigenvalue weighted by Crippen LogP contribution is 2.27. The second kappa shape index (κ2) is 12.8. The second-order valence-electron chi connectivity index (χ2n) is 7.94. The highest BCUT2D eigenvalue weighted by molar-refractivity contribution is 14.0. The van der Waals surface area contributed by atoms with Crippen LogP contribution >= 0.6 is 35.3 Å². The lowest BCUT2D eigenvalue weighted by atomic mass is 9.93. The Morgan fingerprint density at radius 1 is 1.37 bits per heavy atom. The van der Waals surface area contributed by atoms with Crippen LogP contribution in [0.25, 0.3) is 0 Å². The van der Waals surface area contributed by atoms with Crippen LogP contribution < -0.4 is 10.6 Å². The summed E-state index contributed by atoms with van der Waals surface area (Å²) in [5, 5.41) is 8.51. The number of piperidine rings is 1. The quantitative estimate of drug-likeness (QED) is 0.325. The normalized spacial score (nSPS) is 22.3. The van der Waals surface area contributed by atoms with Gasteiger partial charge in [-0.2, -0.15) is 0 Å². The van der Waals surface area contributed by atoms with Crippen LogP contribution in [-0.4, -0.2) is 81.2 Å². The van der Waals surface area contributed by atoms with Gasteiger partial charge in [0, 0.05) is 58.1 Å². The van der Waals surface area contributed by atoms with E-state index >= 15 is 0 Å². The lowest BCUT2D eigenvalue weighted by Gasteiger charge is -2.38. The number of ether oxygens (including phenoxy) is 1. The first-order valence-electron chi connectivity index (χ1n) is 10.7. The zero-order valence-electron chi connectivity index (χ0n) is 18.3. The number of likely N-dealkylation sites (tertiary alicyclic amines) is 1. The van der Waals surface area contributed by atoms with Gasteiger partial charge in [0.15, 0.2) is 5.96 Å². The average molecular weight is 550 g/mol. The van der Waals surface area contributed by atoms with E-state index in [0.29, 0.717) is 18.4 Å². The number of guanidine groups is 1. The number of carbonyl (C=O) groups is 1. The summed E-state index contributed by atoms with van der Waals surface area (Å²) in [7, 11) is 3.57. The zero-order chi connectivity index (χ0) is 20.6. The van der Waals surface area contributed by atoms with Crippen molar-refractivity contribution < 1.29 is 9.53 Å². The van der Waals surface area contributed by atoms with Crippen molar-refractivity contribution in [3.05, 3.63) is 22.4 Å². The van der Waals surface area contributed by atoms with Crippen LogP contribution in [0.2, 0.25) is 0 Å². The minimum atomic E-state index is 0. The third-order valence-corrected chi connectivity index (χ3v) is 6.89. The first-order chi connectivity index (χ1) is 14.1. The molecule has 0 aromatic carbocycles. The largest absolute Gasteiger partial charge is 0.376 e. The summed E-state index contributed by atoms with van der Waals surface area (Å²) in [6.45, 7) is 7.56. The van der Waals surface area contributed by atoms with Crippen LogP contribution in [0.1, 0.15) is 37.1 Å². The molecule has 2 aliphatic heterocycles. The second-order valence-corrected chi connectivity index (χ2v) is 8.92. The van der Waals surface area contributed by atoms with Gasteiger partial charge in [-0.3, -0.25) is 14.7 Å². The molecule has 1 aromatic heterocycles. The Kier molecular flexibility index (Phi) is 10.8. The summed E-state index contributed by atoms with van der Waals surface area (Å²) in [4.78, 5) is 22.4. The van der Waals surface area contributed by atoms with Gasteiger partial charge in [-0.25, -0.2) is 0 Å². The van der Waals surface area contributed by atoms with Crippen molar-refractivity contribution in [1.82, 2.24) is 20.4 Å². The standard InChI is InChI=1S/C21H35N5O2S.HI/c1-16-15-26(10-11-28-16)18(19-5-4-12-29-19)14-24-21(23-3)25-8-6-17(7-9-25)13-20(27)22-2;/h4-5,12,16-18H,6-11,13-15H2,1-3H3,(H,22,27)(H,23,24);1H. The van der Waals surface area contributed by atoms with E-state index in [0.717, 1.165) is 58.1 Å². The van der Waals surface area contributed by atoms with Gasteiger partial charge in [-0.15, -0.1) is 35.3 Å². The molecule has 7 nitrogen and oxygen atoms in total. The number of hydrogen-bond acceptors (Lipinski definition) is 5. The Morgan fingerprint density at radius 2 is 2.13 bits per heavy atom. The highest BCUT2D eigenvalue weighted by atomic mass is 127. The first-order valence-corrected chi connectivity index (χ1v) is 11.5. The molecule has 3 heterocycles. The first kappa shape index (κ1) is 25.4. The van der Waals surface area contributed by atoms with Crippen molar-refractivity contribution in [2.75, 3.05) is 53.4 Å². The number of rotatable bonds is 6. The van der Waals surface area contributed by atoms with Crippen LogP contribution in [0, 0.1) is 5.92 Å². The molecule has 0 spiro atoms. The van der Waals surface area contributed by atoms with Crippen molar-refractivity contribution >= 4 is 47.2 Å². The monoisotopic (exact) mass is 549 g/mol. The number of halogens is 1. The molecular weight excluding hydrogens is 513 g/mol. The number of nitrogens with zero attached hydrogens (tertiary/aromatic N) is 3. The number of amides is 1. The molecule has 0 aliphatic carbocycles. The van der Waals surface area contributed by atoms with Crippen LogP contribution in [0.4, 0.5) is 0 Å². The Balaban J connectivity index is 0.00000320. The van der Waals surface area contributed by atoms with E-state index < -0.39 is 0 Å². The number of aliphatic imine (C=N–C) groups is 1. The van der Waals surface area contributed by atoms with E-state index in [9.17, 15) is 4.79 Å². The number of morpholine rings is 1. The van der Waals surface area contributed by atoms with Gasteiger partial charge in [0.25, 0.3) is 0 Å². The smallest absolute Gasteiger partial charge is 0.220 e. The molecule has 170 valence electrons. The predicted octanol–water partition coefficient (Wildman–Crippen LogP) is 2.55. The molecule has 0 radical (unpaired) electrons. The maximum atomic E-state index is 11.6. The lowest BCUT2D eigenvalue weighted by molar-refractivity contribution is -0.121. The summed E-state index contributed by atoms with van der Waals surface area (Å²) >= 11 is 1.82. The minimum absolute atomic E-state index is 0. The summed E-state index contributed by atoms with van der Waals surface area (Å²) in [5.74, 6) is 1.58. The fourth-order valence-electron chi connectivity index (χ4n) is 4.25. The predicted molar refractivity (Wildman–Crippen MR) is 134 cm³/mol. The molecule has 1 aromatic rings. The Hall–Kier alpha value is -0.910. The number of thiophene rings is 1. The molecule has 2 aliphatic rings. The summed E-state index contributed by atoms with van der Waals surface area (Å²) in [5.41, 5.74) is 0. The fraction of sp³-hybridized carbons (Fsp3) is 0.714. The van der Waals surface area contributed by atoms with E-state index in [1.165, 1.54) is 4.88 Å². The van der Waals surface area contributed by atoms with Gasteiger partial charge >= 0.3 is 0 Å². The van der Waals surface area contributed by atoms with Gasteiger partial charge in [-0.1, -0.05) is 6.07 Å².